The molecule has 0 fully saturated rings. The van der Waals surface area contributed by atoms with E-state index in [-0.39, 0.29) is 0 Å². The average molecular weight is 246 g/mol. The predicted molar refractivity (Wildman–Crippen MR) is 55.4 cm³/mol. The minimum atomic E-state index is 0.685. The molecule has 2 aromatic rings. The number of anilines is 1. The van der Waals surface area contributed by atoms with Crippen LogP contribution in [0.25, 0.3) is 10.9 Å². The highest BCUT2D eigenvalue weighted by Gasteiger charge is 2.03. The van der Waals surface area contributed by atoms with Gasteiger partial charge in [0.2, 0.25) is 0 Å². The molecule has 0 amide bonds. The van der Waals surface area contributed by atoms with Gasteiger partial charge in [0.25, 0.3) is 0 Å². The number of rotatable bonds is 0. The van der Waals surface area contributed by atoms with E-state index in [1.807, 2.05) is 12.1 Å². The molecule has 4 heteroatoms. The molecule has 0 bridgehead atoms. The van der Waals surface area contributed by atoms with E-state index < -0.39 is 0 Å². The molecule has 0 radical (unpaired) electrons. The third-order valence-electron chi connectivity index (χ3n) is 1.75. The third-order valence-corrected chi connectivity index (χ3v) is 2.95. The Hall–Kier alpha value is -0.670. The number of H-pyrrole nitrogens is 1. The van der Waals surface area contributed by atoms with Gasteiger partial charge in [0.05, 0.1) is 10.7 Å². The zero-order valence-corrected chi connectivity index (χ0v) is 8.41. The lowest BCUT2D eigenvalue weighted by atomic mass is 10.2. The van der Waals surface area contributed by atoms with Crippen LogP contribution < -0.4 is 5.73 Å². The fourth-order valence-electron chi connectivity index (χ4n) is 1.14. The summed E-state index contributed by atoms with van der Waals surface area (Å²) < 4.78 is 0.864. The van der Waals surface area contributed by atoms with Gasteiger partial charge in [-0.1, -0.05) is 11.6 Å². The van der Waals surface area contributed by atoms with E-state index >= 15 is 0 Å². The second-order valence-electron chi connectivity index (χ2n) is 2.56. The van der Waals surface area contributed by atoms with Crippen molar-refractivity contribution in [2.75, 3.05) is 5.73 Å². The molecule has 0 saturated carbocycles. The Bertz CT molecular complexity index is 436. The minimum Gasteiger partial charge on any atom is -0.397 e. The van der Waals surface area contributed by atoms with Crippen LogP contribution in [0.2, 0.25) is 5.02 Å². The van der Waals surface area contributed by atoms with Gasteiger partial charge in [-0.3, -0.25) is 0 Å². The first-order valence-corrected chi connectivity index (χ1v) is 4.57. The maximum Gasteiger partial charge on any atom is 0.0572 e. The van der Waals surface area contributed by atoms with Crippen LogP contribution in [0.1, 0.15) is 0 Å². The summed E-state index contributed by atoms with van der Waals surface area (Å²) in [5.74, 6) is 0. The standard InChI is InChI=1S/C8H6BrClN2/c9-5-1-4-7(11)3-12-8(4)2-6(5)10/h1-3,12H,11H2. The van der Waals surface area contributed by atoms with E-state index in [2.05, 4.69) is 20.9 Å². The zero-order chi connectivity index (χ0) is 8.72. The van der Waals surface area contributed by atoms with E-state index in [9.17, 15) is 0 Å². The smallest absolute Gasteiger partial charge is 0.0572 e. The first kappa shape index (κ1) is 7.95. The largest absolute Gasteiger partial charge is 0.397 e. The fourth-order valence-corrected chi connectivity index (χ4v) is 1.65. The monoisotopic (exact) mass is 244 g/mol. The van der Waals surface area contributed by atoms with E-state index in [0.29, 0.717) is 5.02 Å². The second kappa shape index (κ2) is 2.68. The van der Waals surface area contributed by atoms with Gasteiger partial charge < -0.3 is 10.7 Å². The fraction of sp³-hybridized carbons (Fsp3) is 0. The number of hydrogen-bond donors (Lipinski definition) is 2. The van der Waals surface area contributed by atoms with Gasteiger partial charge in [-0.25, -0.2) is 0 Å². The number of aromatic amines is 1. The van der Waals surface area contributed by atoms with Crippen LogP contribution in [0.5, 0.6) is 0 Å². The van der Waals surface area contributed by atoms with Crippen molar-refractivity contribution in [3.63, 3.8) is 0 Å². The van der Waals surface area contributed by atoms with Gasteiger partial charge in [-0.05, 0) is 28.1 Å². The molecule has 62 valence electrons. The quantitative estimate of drug-likeness (QED) is 0.735. The number of nitrogen functional groups attached to an aromatic ring is 1. The van der Waals surface area contributed by atoms with Crippen molar-refractivity contribution in [2.45, 2.75) is 0 Å². The van der Waals surface area contributed by atoms with Crippen molar-refractivity contribution >= 4 is 44.1 Å². The molecule has 0 atom stereocenters. The van der Waals surface area contributed by atoms with Crippen LogP contribution in [0, 0.1) is 0 Å². The maximum atomic E-state index is 5.89. The van der Waals surface area contributed by atoms with E-state index in [4.69, 9.17) is 17.3 Å². The van der Waals surface area contributed by atoms with Gasteiger partial charge in [0, 0.05) is 21.6 Å². The molecule has 2 nitrogen and oxygen atoms in total. The van der Waals surface area contributed by atoms with Crippen molar-refractivity contribution in [3.8, 4) is 0 Å². The summed E-state index contributed by atoms with van der Waals surface area (Å²) in [7, 11) is 0. The summed E-state index contributed by atoms with van der Waals surface area (Å²) >= 11 is 9.22. The molecule has 0 saturated heterocycles. The number of nitrogens with one attached hydrogen (secondary N) is 1. The Kier molecular flexibility index (Phi) is 1.77. The van der Waals surface area contributed by atoms with Crippen LogP contribution in [0.3, 0.4) is 0 Å². The Balaban J connectivity index is 2.87. The maximum absolute atomic E-state index is 5.89. The van der Waals surface area contributed by atoms with Gasteiger partial charge in [-0.2, -0.15) is 0 Å². The van der Waals surface area contributed by atoms with Gasteiger partial charge in [-0.15, -0.1) is 0 Å². The molecule has 1 heterocycles. The molecule has 0 aliphatic carbocycles. The lowest BCUT2D eigenvalue weighted by Gasteiger charge is -1.96. The van der Waals surface area contributed by atoms with Crippen LogP contribution in [0.15, 0.2) is 22.8 Å². The van der Waals surface area contributed by atoms with Crippen molar-refractivity contribution in [1.82, 2.24) is 4.98 Å². The normalized spacial score (nSPS) is 10.8. The first-order valence-electron chi connectivity index (χ1n) is 3.40. The summed E-state index contributed by atoms with van der Waals surface area (Å²) in [5.41, 5.74) is 7.40. The van der Waals surface area contributed by atoms with Crippen molar-refractivity contribution in [1.29, 1.82) is 0 Å². The third kappa shape index (κ3) is 1.09. The topological polar surface area (TPSA) is 41.8 Å². The Morgan fingerprint density at radius 1 is 1.42 bits per heavy atom. The molecule has 0 spiro atoms. The highest BCUT2D eigenvalue weighted by atomic mass is 79.9. The van der Waals surface area contributed by atoms with Crippen LogP contribution in [-0.4, -0.2) is 4.98 Å². The first-order chi connectivity index (χ1) is 5.68. The zero-order valence-electron chi connectivity index (χ0n) is 6.07. The second-order valence-corrected chi connectivity index (χ2v) is 3.82. The summed E-state index contributed by atoms with van der Waals surface area (Å²) in [5, 5.41) is 1.68. The van der Waals surface area contributed by atoms with Crippen LogP contribution in [-0.2, 0) is 0 Å². The molecule has 12 heavy (non-hydrogen) atoms. The van der Waals surface area contributed by atoms with Gasteiger partial charge >= 0.3 is 0 Å². The number of nitrogens with two attached hydrogens (primary N) is 1. The molecule has 1 aromatic carbocycles. The molecule has 0 aliphatic heterocycles. The van der Waals surface area contributed by atoms with Crippen molar-refractivity contribution in [3.05, 3.63) is 27.8 Å². The number of hydrogen-bond acceptors (Lipinski definition) is 1. The van der Waals surface area contributed by atoms with Gasteiger partial charge in [0.15, 0.2) is 0 Å². The summed E-state index contributed by atoms with van der Waals surface area (Å²) in [4.78, 5) is 3.03. The Morgan fingerprint density at radius 2 is 2.17 bits per heavy atom. The minimum absolute atomic E-state index is 0.685. The van der Waals surface area contributed by atoms with E-state index in [0.717, 1.165) is 21.1 Å². The highest BCUT2D eigenvalue weighted by Crippen LogP contribution is 2.30. The molecule has 0 unspecified atom stereocenters. The molecular formula is C8H6BrClN2. The Labute approximate surface area is 82.8 Å². The predicted octanol–water partition coefficient (Wildman–Crippen LogP) is 3.17. The molecular weight excluding hydrogens is 239 g/mol. The van der Waals surface area contributed by atoms with Crippen molar-refractivity contribution in [2.24, 2.45) is 0 Å². The van der Waals surface area contributed by atoms with Gasteiger partial charge in [0.1, 0.15) is 0 Å². The summed E-state index contributed by atoms with van der Waals surface area (Å²) in [6.07, 6.45) is 1.76. The van der Waals surface area contributed by atoms with E-state index in [1.54, 1.807) is 6.20 Å². The lowest BCUT2D eigenvalue weighted by molar-refractivity contribution is 1.47. The average Bonchev–Trinajstić information content (AvgIpc) is 2.35. The number of aromatic nitrogens is 1. The molecule has 0 aliphatic rings. The number of halogens is 2. The molecule has 2 rings (SSSR count). The Morgan fingerprint density at radius 3 is 2.92 bits per heavy atom. The van der Waals surface area contributed by atoms with Crippen LogP contribution in [0.4, 0.5) is 5.69 Å². The lowest BCUT2D eigenvalue weighted by Crippen LogP contribution is -1.80. The number of benzene rings is 1. The molecule has 3 N–H and O–H groups in total. The summed E-state index contributed by atoms with van der Waals surface area (Å²) in [6, 6.07) is 3.75. The van der Waals surface area contributed by atoms with Crippen molar-refractivity contribution < 1.29 is 0 Å². The summed E-state index contributed by atoms with van der Waals surface area (Å²) in [6.45, 7) is 0. The molecule has 1 aromatic heterocycles. The van der Waals surface area contributed by atoms with Crippen LogP contribution >= 0.6 is 27.5 Å². The highest BCUT2D eigenvalue weighted by molar-refractivity contribution is 9.10. The van der Waals surface area contributed by atoms with E-state index in [1.165, 1.54) is 0 Å². The number of fused-ring (bicyclic) bond motifs is 1. The SMILES string of the molecule is Nc1c[nH]c2cc(Cl)c(Br)cc12.